The van der Waals surface area contributed by atoms with E-state index in [9.17, 15) is 19.0 Å². The Morgan fingerprint density at radius 1 is 0.431 bits per heavy atom. The number of carbonyl (C=O) groups is 2. The molecule has 0 aliphatic rings. The first-order chi connectivity index (χ1) is 31.7. The average Bonchev–Trinajstić information content (AvgIpc) is 3.29. The number of carboxylic acid groups (broad SMARTS) is 1. The number of rotatable bonds is 55. The minimum absolute atomic E-state index is 0.0258. The molecule has 0 bridgehead atoms. The Hall–Kier alpha value is -1.03. The van der Waals surface area contributed by atoms with Crippen LogP contribution in [0.4, 0.5) is 0 Å². The Balaban J connectivity index is 3.86. The van der Waals surface area contributed by atoms with Crippen LogP contribution in [0.1, 0.15) is 296 Å². The SMILES string of the molecule is CCCCCCCCCCCCCCCCCCCCCCCCCCCCCCCCCC(=O)O[C@H](COCCCCCCCCCCCCCC)COP(=O)(O)OC[C@H](N)C(=O)O. The van der Waals surface area contributed by atoms with E-state index in [0.29, 0.717) is 6.61 Å². The Kier molecular flexibility index (Phi) is 50.0. The molecule has 388 valence electrons. The molecule has 3 atom stereocenters. The van der Waals surface area contributed by atoms with Gasteiger partial charge in [0.1, 0.15) is 12.1 Å². The summed E-state index contributed by atoms with van der Waals surface area (Å²) in [5.74, 6) is -1.76. The highest BCUT2D eigenvalue weighted by molar-refractivity contribution is 7.47. The van der Waals surface area contributed by atoms with Crippen molar-refractivity contribution < 1.29 is 42.7 Å². The molecule has 0 saturated carbocycles. The van der Waals surface area contributed by atoms with Gasteiger partial charge in [0.05, 0.1) is 19.8 Å². The lowest BCUT2D eigenvalue weighted by Gasteiger charge is -2.20. The van der Waals surface area contributed by atoms with Crippen LogP contribution in [0, 0.1) is 0 Å². The minimum Gasteiger partial charge on any atom is -0.480 e. The molecule has 11 heteroatoms. The summed E-state index contributed by atoms with van der Waals surface area (Å²) in [4.78, 5) is 33.7. The van der Waals surface area contributed by atoms with Gasteiger partial charge in [0.15, 0.2) is 0 Å². The molecule has 0 aliphatic heterocycles. The smallest absolute Gasteiger partial charge is 0.472 e. The molecule has 0 amide bonds. The largest absolute Gasteiger partial charge is 0.480 e. The first-order valence-corrected chi connectivity index (χ1v) is 29.6. The molecule has 0 aromatic rings. The zero-order valence-electron chi connectivity index (χ0n) is 42.9. The summed E-state index contributed by atoms with van der Waals surface area (Å²) in [6.07, 6.45) is 56.2. The predicted molar refractivity (Wildman–Crippen MR) is 273 cm³/mol. The third-order valence-electron chi connectivity index (χ3n) is 12.9. The van der Waals surface area contributed by atoms with Crippen molar-refractivity contribution in [2.45, 2.75) is 309 Å². The van der Waals surface area contributed by atoms with Crippen molar-refractivity contribution in [2.24, 2.45) is 5.73 Å². The van der Waals surface area contributed by atoms with Crippen LogP contribution in [0.5, 0.6) is 0 Å². The topological polar surface area (TPSA) is 155 Å². The third-order valence-corrected chi connectivity index (χ3v) is 13.8. The summed E-state index contributed by atoms with van der Waals surface area (Å²) < 4.78 is 33.5. The molecular formula is C54H108NO9P. The molecule has 0 spiro atoms. The molecule has 10 nitrogen and oxygen atoms in total. The fourth-order valence-corrected chi connectivity index (χ4v) is 9.33. The Morgan fingerprint density at radius 2 is 0.708 bits per heavy atom. The zero-order valence-corrected chi connectivity index (χ0v) is 43.8. The quantitative estimate of drug-likeness (QED) is 0.0305. The monoisotopic (exact) mass is 946 g/mol. The lowest BCUT2D eigenvalue weighted by atomic mass is 10.0. The van der Waals surface area contributed by atoms with Gasteiger partial charge in [-0.15, -0.1) is 0 Å². The third kappa shape index (κ3) is 50.7. The second kappa shape index (κ2) is 50.8. The van der Waals surface area contributed by atoms with Crippen LogP contribution < -0.4 is 5.73 Å². The van der Waals surface area contributed by atoms with Gasteiger partial charge in [-0.2, -0.15) is 0 Å². The Bertz CT molecular complexity index is 1050. The van der Waals surface area contributed by atoms with Gasteiger partial charge >= 0.3 is 19.8 Å². The number of hydrogen-bond acceptors (Lipinski definition) is 8. The van der Waals surface area contributed by atoms with Gasteiger partial charge in [-0.1, -0.05) is 277 Å². The van der Waals surface area contributed by atoms with Gasteiger partial charge in [0.2, 0.25) is 0 Å². The van der Waals surface area contributed by atoms with Gasteiger partial charge in [-0.3, -0.25) is 18.6 Å². The fraction of sp³-hybridized carbons (Fsp3) is 0.963. The van der Waals surface area contributed by atoms with Gasteiger partial charge in [0.25, 0.3) is 0 Å². The first-order valence-electron chi connectivity index (χ1n) is 28.1. The van der Waals surface area contributed by atoms with Crippen molar-refractivity contribution in [3.63, 3.8) is 0 Å². The number of unbranched alkanes of at least 4 members (excludes halogenated alkanes) is 41. The van der Waals surface area contributed by atoms with Crippen molar-refractivity contribution in [2.75, 3.05) is 26.4 Å². The highest BCUT2D eigenvalue weighted by atomic mass is 31.2. The van der Waals surface area contributed by atoms with Crippen LogP contribution in [0.2, 0.25) is 0 Å². The second-order valence-corrected chi connectivity index (χ2v) is 20.9. The number of phosphoric acid groups is 1. The van der Waals surface area contributed by atoms with Crippen molar-refractivity contribution in [3.05, 3.63) is 0 Å². The van der Waals surface area contributed by atoms with E-state index in [-0.39, 0.29) is 13.0 Å². The summed E-state index contributed by atoms with van der Waals surface area (Å²) in [6, 6.07) is -1.47. The first kappa shape index (κ1) is 64.0. The molecule has 4 N–H and O–H groups in total. The molecule has 0 rings (SSSR count). The average molecular weight is 946 g/mol. The number of phosphoric ester groups is 1. The van der Waals surface area contributed by atoms with E-state index in [1.807, 2.05) is 0 Å². The van der Waals surface area contributed by atoms with Crippen LogP contribution in [0.25, 0.3) is 0 Å². The molecule has 1 unspecified atom stereocenters. The van der Waals surface area contributed by atoms with Crippen LogP contribution >= 0.6 is 7.82 Å². The number of aliphatic carboxylic acids is 1. The minimum atomic E-state index is -4.61. The summed E-state index contributed by atoms with van der Waals surface area (Å²) in [6.45, 7) is 3.95. The predicted octanol–water partition coefficient (Wildman–Crippen LogP) is 16.7. The molecule has 0 heterocycles. The molecule has 0 aliphatic carbocycles. The number of carboxylic acids is 1. The number of carbonyl (C=O) groups excluding carboxylic acids is 1. The molecule has 0 fully saturated rings. The van der Waals surface area contributed by atoms with E-state index in [1.54, 1.807) is 0 Å². The van der Waals surface area contributed by atoms with Gasteiger partial charge in [0, 0.05) is 13.0 Å². The van der Waals surface area contributed by atoms with Gasteiger partial charge in [-0.25, -0.2) is 4.57 Å². The van der Waals surface area contributed by atoms with E-state index >= 15 is 0 Å². The molecule has 0 radical (unpaired) electrons. The van der Waals surface area contributed by atoms with Crippen LogP contribution in [-0.4, -0.2) is 60.5 Å². The van der Waals surface area contributed by atoms with Crippen molar-refractivity contribution in [1.29, 1.82) is 0 Å². The Labute approximate surface area is 401 Å². The van der Waals surface area contributed by atoms with Crippen LogP contribution in [-0.2, 0) is 32.7 Å². The lowest BCUT2D eigenvalue weighted by Crippen LogP contribution is -2.34. The zero-order chi connectivity index (χ0) is 47.6. The maximum atomic E-state index is 12.7. The highest BCUT2D eigenvalue weighted by Gasteiger charge is 2.27. The normalized spacial score (nSPS) is 13.5. The molecule has 0 aromatic carbocycles. The molecule has 0 aromatic heterocycles. The van der Waals surface area contributed by atoms with Gasteiger partial charge < -0.3 is 25.2 Å². The fourth-order valence-electron chi connectivity index (χ4n) is 8.55. The van der Waals surface area contributed by atoms with Crippen LogP contribution in [0.3, 0.4) is 0 Å². The number of nitrogens with two attached hydrogens (primary N) is 1. The molecule has 0 saturated heterocycles. The van der Waals surface area contributed by atoms with Crippen molar-refractivity contribution >= 4 is 19.8 Å². The standard InChI is InChI=1S/C54H108NO9P/c1-3-5-7-9-11-13-15-17-18-19-20-21-22-23-24-25-26-27-28-29-30-31-32-33-34-35-36-38-40-42-44-46-53(56)64-51(49-62-65(59,60)63-50-52(55)54(57)58)48-61-47-45-43-41-39-37-16-14-12-10-8-6-4-2/h51-52H,3-50,55H2,1-2H3,(H,57,58)(H,59,60)/t51-,52+/m1/s1. The lowest BCUT2D eigenvalue weighted by molar-refractivity contribution is -0.154. The van der Waals surface area contributed by atoms with E-state index in [0.717, 1.165) is 38.5 Å². The molecule has 65 heavy (non-hydrogen) atoms. The Morgan fingerprint density at radius 3 is 1.02 bits per heavy atom. The molecular weight excluding hydrogens is 838 g/mol. The number of ether oxygens (including phenoxy) is 2. The number of hydrogen-bond donors (Lipinski definition) is 3. The van der Waals surface area contributed by atoms with E-state index in [2.05, 4.69) is 13.8 Å². The summed E-state index contributed by atoms with van der Waals surface area (Å²) in [5, 5.41) is 8.92. The summed E-state index contributed by atoms with van der Waals surface area (Å²) in [7, 11) is -4.61. The summed E-state index contributed by atoms with van der Waals surface area (Å²) >= 11 is 0. The second-order valence-electron chi connectivity index (χ2n) is 19.4. The maximum absolute atomic E-state index is 12.7. The number of esters is 1. The highest BCUT2D eigenvalue weighted by Crippen LogP contribution is 2.43. The van der Waals surface area contributed by atoms with Gasteiger partial charge in [-0.05, 0) is 12.8 Å². The van der Waals surface area contributed by atoms with Crippen molar-refractivity contribution in [3.8, 4) is 0 Å². The maximum Gasteiger partial charge on any atom is 0.472 e. The van der Waals surface area contributed by atoms with E-state index in [4.69, 9.17) is 29.4 Å². The van der Waals surface area contributed by atoms with Crippen LogP contribution in [0.15, 0.2) is 0 Å². The summed E-state index contributed by atoms with van der Waals surface area (Å²) in [5.41, 5.74) is 5.37. The van der Waals surface area contributed by atoms with E-state index < -0.39 is 45.1 Å². The van der Waals surface area contributed by atoms with Crippen molar-refractivity contribution in [1.82, 2.24) is 0 Å². The van der Waals surface area contributed by atoms with E-state index in [1.165, 1.54) is 238 Å².